The van der Waals surface area contributed by atoms with Crippen LogP contribution in [0.5, 0.6) is 0 Å². The van der Waals surface area contributed by atoms with Crippen LogP contribution in [0.25, 0.3) is 0 Å². The van der Waals surface area contributed by atoms with E-state index in [0.717, 1.165) is 6.29 Å². The van der Waals surface area contributed by atoms with E-state index in [-0.39, 0.29) is 5.78 Å². The fourth-order valence-electron chi connectivity index (χ4n) is 0.0680. The molecule has 0 bridgehead atoms. The first-order valence-electron chi connectivity index (χ1n) is 2.86. The lowest BCUT2D eigenvalue weighted by Crippen LogP contribution is -1.74. The van der Waals surface area contributed by atoms with Gasteiger partial charge in [-0.3, -0.25) is 4.79 Å². The Morgan fingerprint density at radius 3 is 1.90 bits per heavy atom. The second-order valence-electron chi connectivity index (χ2n) is 1.51. The molecule has 0 atom stereocenters. The van der Waals surface area contributed by atoms with E-state index in [1.54, 1.807) is 6.08 Å². The highest BCUT2D eigenvalue weighted by Gasteiger charge is 1.69. The molecule has 0 amide bonds. The number of ketones is 1. The highest BCUT2D eigenvalue weighted by atomic mass is 16.1. The van der Waals surface area contributed by atoms with E-state index in [9.17, 15) is 9.59 Å². The first kappa shape index (κ1) is 11.6. The minimum atomic E-state index is 0.0185. The molecule has 0 N–H and O–H groups in total. The molecule has 56 valence electrons. The van der Waals surface area contributed by atoms with E-state index >= 15 is 0 Å². The third-order valence-corrected chi connectivity index (χ3v) is 0.550. The Morgan fingerprint density at radius 1 is 1.50 bits per heavy atom. The van der Waals surface area contributed by atoms with Crippen LogP contribution in [0.1, 0.15) is 13.3 Å². The molecule has 2 nitrogen and oxygen atoms in total. The van der Waals surface area contributed by atoms with Crippen molar-refractivity contribution in [2.75, 3.05) is 0 Å². The van der Waals surface area contributed by atoms with Crippen LogP contribution < -0.4 is 0 Å². The van der Waals surface area contributed by atoms with Crippen molar-refractivity contribution >= 4 is 12.1 Å². The quantitative estimate of drug-likeness (QED) is 0.338. The number of allylic oxidation sites excluding steroid dienone is 2. The van der Waals surface area contributed by atoms with Gasteiger partial charge >= 0.3 is 0 Å². The summed E-state index contributed by atoms with van der Waals surface area (Å²) in [5.74, 6) is 0.0185. The van der Waals surface area contributed by atoms with Crippen molar-refractivity contribution in [2.24, 2.45) is 0 Å². The maximum absolute atomic E-state index is 9.69. The van der Waals surface area contributed by atoms with E-state index < -0.39 is 0 Å². The monoisotopic (exact) mass is 140 g/mol. The van der Waals surface area contributed by atoms with Crippen molar-refractivity contribution in [3.63, 3.8) is 0 Å². The van der Waals surface area contributed by atoms with Gasteiger partial charge in [-0.1, -0.05) is 12.7 Å². The lowest BCUT2D eigenvalue weighted by Gasteiger charge is -1.62. The van der Waals surface area contributed by atoms with Crippen molar-refractivity contribution in [1.82, 2.24) is 0 Å². The highest BCUT2D eigenvalue weighted by Crippen LogP contribution is 1.64. The first-order valence-corrected chi connectivity index (χ1v) is 2.86. The zero-order valence-electron chi connectivity index (χ0n) is 6.17. The maximum atomic E-state index is 9.69. The summed E-state index contributed by atoms with van der Waals surface area (Å²) in [6.07, 6.45) is 4.12. The van der Waals surface area contributed by atoms with Gasteiger partial charge in [0.2, 0.25) is 0 Å². The van der Waals surface area contributed by atoms with Crippen LogP contribution in [0.15, 0.2) is 25.3 Å². The van der Waals surface area contributed by atoms with Crippen molar-refractivity contribution in [3.8, 4) is 0 Å². The minimum Gasteiger partial charge on any atom is -0.303 e. The van der Waals surface area contributed by atoms with Gasteiger partial charge in [0, 0.05) is 6.42 Å². The molecule has 0 saturated heterocycles. The smallest absolute Gasteiger partial charge is 0.152 e. The molecule has 0 aliphatic rings. The fourth-order valence-corrected chi connectivity index (χ4v) is 0.0680. The number of hydrogen-bond donors (Lipinski definition) is 0. The third kappa shape index (κ3) is 29.0. The SMILES string of the molecule is C=CC(C)=O.C=CCC=O. The third-order valence-electron chi connectivity index (χ3n) is 0.550. The van der Waals surface area contributed by atoms with Crippen molar-refractivity contribution < 1.29 is 9.59 Å². The largest absolute Gasteiger partial charge is 0.303 e. The second kappa shape index (κ2) is 10.7. The minimum absolute atomic E-state index is 0.0185. The highest BCUT2D eigenvalue weighted by molar-refractivity contribution is 5.86. The number of carbonyl (C=O) groups is 2. The molecule has 0 unspecified atom stereocenters. The lowest BCUT2D eigenvalue weighted by atomic mass is 10.5. The average Bonchev–Trinajstić information content (AvgIpc) is 1.91. The molecule has 2 heteroatoms. The van der Waals surface area contributed by atoms with Gasteiger partial charge in [-0.15, -0.1) is 6.58 Å². The summed E-state index contributed by atoms with van der Waals surface area (Å²) in [5.41, 5.74) is 0. The van der Waals surface area contributed by atoms with Crippen molar-refractivity contribution in [3.05, 3.63) is 25.3 Å². The molecule has 0 spiro atoms. The maximum Gasteiger partial charge on any atom is 0.152 e. The molecule has 0 heterocycles. The topological polar surface area (TPSA) is 34.1 Å². The predicted octanol–water partition coefficient (Wildman–Crippen LogP) is 1.52. The molecule has 0 rings (SSSR count). The predicted molar refractivity (Wildman–Crippen MR) is 41.8 cm³/mol. The van der Waals surface area contributed by atoms with Gasteiger partial charge in [0.25, 0.3) is 0 Å². The Bertz CT molecular complexity index is 119. The van der Waals surface area contributed by atoms with Crippen molar-refractivity contribution in [1.29, 1.82) is 0 Å². The molecular formula is C8H12O2. The number of aldehydes is 1. The van der Waals surface area contributed by atoms with Crippen LogP contribution in [-0.2, 0) is 9.59 Å². The summed E-state index contributed by atoms with van der Waals surface area (Å²) in [6, 6.07) is 0. The first-order chi connectivity index (χ1) is 4.68. The summed E-state index contributed by atoms with van der Waals surface area (Å²) in [6.45, 7) is 8.00. The van der Waals surface area contributed by atoms with Gasteiger partial charge in [0.15, 0.2) is 5.78 Å². The van der Waals surface area contributed by atoms with E-state index in [1.165, 1.54) is 13.0 Å². The van der Waals surface area contributed by atoms with E-state index in [4.69, 9.17) is 0 Å². The lowest BCUT2D eigenvalue weighted by molar-refractivity contribution is -0.112. The van der Waals surface area contributed by atoms with Crippen LogP contribution >= 0.6 is 0 Å². The van der Waals surface area contributed by atoms with E-state index in [0.29, 0.717) is 6.42 Å². The standard InChI is InChI=1S/2C4H6O/c1-3-4(2)5;1-2-3-4-5/h3H,1H2,2H3;2,4H,1,3H2. The fraction of sp³-hybridized carbons (Fsp3) is 0.250. The normalized spacial score (nSPS) is 6.50. The van der Waals surface area contributed by atoms with Crippen LogP contribution in [-0.4, -0.2) is 12.1 Å². The van der Waals surface area contributed by atoms with Gasteiger partial charge in [0.1, 0.15) is 6.29 Å². The summed E-state index contributed by atoms with van der Waals surface area (Å²) in [4.78, 5) is 19.0. The van der Waals surface area contributed by atoms with E-state index in [2.05, 4.69) is 13.2 Å². The summed E-state index contributed by atoms with van der Waals surface area (Å²) in [5, 5.41) is 0. The average molecular weight is 140 g/mol. The molecule has 0 aromatic heterocycles. The zero-order valence-corrected chi connectivity index (χ0v) is 6.17. The summed E-state index contributed by atoms with van der Waals surface area (Å²) in [7, 11) is 0. The van der Waals surface area contributed by atoms with Gasteiger partial charge < -0.3 is 4.79 Å². The van der Waals surface area contributed by atoms with Gasteiger partial charge in [0.05, 0.1) is 0 Å². The van der Waals surface area contributed by atoms with Gasteiger partial charge in [-0.2, -0.15) is 0 Å². The van der Waals surface area contributed by atoms with E-state index in [1.807, 2.05) is 0 Å². The Hall–Kier alpha value is -1.18. The molecule has 0 aliphatic heterocycles. The summed E-state index contributed by atoms with van der Waals surface area (Å²) < 4.78 is 0. The Kier molecular flexibility index (Phi) is 12.5. The van der Waals surface area contributed by atoms with Gasteiger partial charge in [-0.05, 0) is 13.0 Å². The zero-order chi connectivity index (χ0) is 8.41. The molecule has 0 fully saturated rings. The van der Waals surface area contributed by atoms with Gasteiger partial charge in [-0.25, -0.2) is 0 Å². The van der Waals surface area contributed by atoms with Crippen LogP contribution in [0.2, 0.25) is 0 Å². The molecular weight excluding hydrogens is 128 g/mol. The van der Waals surface area contributed by atoms with Crippen LogP contribution in [0, 0.1) is 0 Å². The number of rotatable bonds is 3. The molecule has 10 heavy (non-hydrogen) atoms. The molecule has 0 saturated carbocycles. The molecule has 0 aromatic rings. The van der Waals surface area contributed by atoms with Crippen molar-refractivity contribution in [2.45, 2.75) is 13.3 Å². The Labute approximate surface area is 61.2 Å². The molecule has 0 aromatic carbocycles. The van der Waals surface area contributed by atoms with Crippen LogP contribution in [0.4, 0.5) is 0 Å². The van der Waals surface area contributed by atoms with Crippen LogP contribution in [0.3, 0.4) is 0 Å². The molecule has 0 aliphatic carbocycles. The second-order valence-corrected chi connectivity index (χ2v) is 1.51. The number of hydrogen-bond acceptors (Lipinski definition) is 2. The summed E-state index contributed by atoms with van der Waals surface area (Å²) >= 11 is 0. The Balaban J connectivity index is 0. The number of carbonyl (C=O) groups excluding carboxylic acids is 2. The Morgan fingerprint density at radius 2 is 1.90 bits per heavy atom. The molecule has 0 radical (unpaired) electrons.